The molecule has 0 unspecified atom stereocenters. The molecule has 5 rings (SSSR count). The fourth-order valence-corrected chi connectivity index (χ4v) is 4.65. The molecule has 2 aromatic heterocycles. The summed E-state index contributed by atoms with van der Waals surface area (Å²) in [7, 11) is 0. The number of rotatable bonds is 2. The van der Waals surface area contributed by atoms with E-state index in [9.17, 15) is 10.1 Å². The highest BCUT2D eigenvalue weighted by Gasteiger charge is 2.32. The molecule has 0 N–H and O–H groups in total. The van der Waals surface area contributed by atoms with Crippen molar-refractivity contribution in [2.24, 2.45) is 5.92 Å². The van der Waals surface area contributed by atoms with E-state index in [4.69, 9.17) is 0 Å². The molecule has 3 aromatic rings. The third-order valence-corrected chi connectivity index (χ3v) is 6.31. The maximum absolute atomic E-state index is 13.2. The number of hydrogen-bond acceptors (Lipinski definition) is 3. The van der Waals surface area contributed by atoms with Crippen molar-refractivity contribution in [3.8, 4) is 6.07 Å². The maximum Gasteiger partial charge on any atom is 0.255 e. The van der Waals surface area contributed by atoms with E-state index in [-0.39, 0.29) is 11.9 Å². The SMILES string of the molecule is C[C@@H]1CCN(C(=O)c2ccccc2C#N)C[C@@H]1n1ccc2cnc3c(c21)C=CC3. The third-order valence-electron chi connectivity index (χ3n) is 6.31. The number of aromatic nitrogens is 2. The predicted octanol–water partition coefficient (Wildman–Crippen LogP) is 4.20. The van der Waals surface area contributed by atoms with Gasteiger partial charge in [-0.2, -0.15) is 5.26 Å². The Balaban J connectivity index is 1.51. The molecule has 0 radical (unpaired) electrons. The molecule has 2 atom stereocenters. The average molecular weight is 382 g/mol. The second-order valence-corrected chi connectivity index (χ2v) is 7.99. The van der Waals surface area contributed by atoms with Gasteiger partial charge in [0.05, 0.1) is 34.4 Å². The topological polar surface area (TPSA) is 61.9 Å². The molecule has 29 heavy (non-hydrogen) atoms. The minimum absolute atomic E-state index is 0.0534. The van der Waals surface area contributed by atoms with Gasteiger partial charge in [0.2, 0.25) is 0 Å². The highest BCUT2D eigenvalue weighted by Crippen LogP contribution is 2.35. The monoisotopic (exact) mass is 382 g/mol. The lowest BCUT2D eigenvalue weighted by atomic mass is 9.92. The minimum Gasteiger partial charge on any atom is -0.342 e. The first-order valence-corrected chi connectivity index (χ1v) is 10.1. The van der Waals surface area contributed by atoms with Crippen LogP contribution in [-0.4, -0.2) is 33.4 Å². The van der Waals surface area contributed by atoms with Crippen LogP contribution in [0.15, 0.2) is 48.8 Å². The second kappa shape index (κ2) is 6.89. The zero-order valence-corrected chi connectivity index (χ0v) is 16.4. The lowest BCUT2D eigenvalue weighted by Crippen LogP contribution is -2.44. The standard InChI is InChI=1S/C24H22N4O/c1-16-9-11-27(24(29)19-6-3-2-5-17(19)13-25)15-22(16)28-12-10-18-14-26-21-8-4-7-20(21)23(18)28/h2-7,10,12,14,16,22H,8-9,11,15H2,1H3/t16-,22+/m1/s1. The number of hydrogen-bond donors (Lipinski definition) is 0. The fraction of sp³-hybridized carbons (Fsp3) is 0.292. The molecule has 3 heterocycles. The molecule has 5 nitrogen and oxygen atoms in total. The van der Waals surface area contributed by atoms with Gasteiger partial charge in [0.1, 0.15) is 0 Å². The number of carbonyl (C=O) groups excluding carboxylic acids is 1. The van der Waals surface area contributed by atoms with Crippen molar-refractivity contribution in [1.29, 1.82) is 5.26 Å². The van der Waals surface area contributed by atoms with Crippen LogP contribution in [0.3, 0.4) is 0 Å². The van der Waals surface area contributed by atoms with Crippen LogP contribution in [0.4, 0.5) is 0 Å². The lowest BCUT2D eigenvalue weighted by Gasteiger charge is -2.38. The Kier molecular flexibility index (Phi) is 4.21. The fourth-order valence-electron chi connectivity index (χ4n) is 4.65. The van der Waals surface area contributed by atoms with Gasteiger partial charge in [-0.25, -0.2) is 0 Å². The molecule has 5 heteroatoms. The van der Waals surface area contributed by atoms with Crippen molar-refractivity contribution >= 4 is 22.9 Å². The van der Waals surface area contributed by atoms with E-state index in [0.29, 0.717) is 23.6 Å². The normalized spacial score (nSPS) is 20.6. The number of benzene rings is 1. The Bertz CT molecular complexity index is 1180. The number of fused-ring (bicyclic) bond motifs is 3. The van der Waals surface area contributed by atoms with Gasteiger partial charge in [0.15, 0.2) is 0 Å². The van der Waals surface area contributed by atoms with Crippen LogP contribution >= 0.6 is 0 Å². The minimum atomic E-state index is -0.0534. The summed E-state index contributed by atoms with van der Waals surface area (Å²) < 4.78 is 2.34. The summed E-state index contributed by atoms with van der Waals surface area (Å²) in [5.41, 5.74) is 4.48. The van der Waals surface area contributed by atoms with Crippen molar-refractivity contribution in [2.75, 3.05) is 13.1 Å². The molecule has 0 saturated carbocycles. The van der Waals surface area contributed by atoms with Crippen LogP contribution in [0, 0.1) is 17.2 Å². The van der Waals surface area contributed by atoms with Crippen LogP contribution in [-0.2, 0) is 6.42 Å². The van der Waals surface area contributed by atoms with E-state index in [2.05, 4.69) is 47.0 Å². The Hall–Kier alpha value is -3.39. The van der Waals surface area contributed by atoms with Gasteiger partial charge in [-0.3, -0.25) is 9.78 Å². The molecule has 1 aromatic carbocycles. The molecule has 1 amide bonds. The summed E-state index contributed by atoms with van der Waals surface area (Å²) in [6.45, 7) is 3.62. The highest BCUT2D eigenvalue weighted by molar-refractivity contribution is 5.96. The van der Waals surface area contributed by atoms with Crippen LogP contribution in [0.1, 0.15) is 46.6 Å². The number of amides is 1. The number of likely N-dealkylation sites (tertiary alicyclic amines) is 1. The van der Waals surface area contributed by atoms with Crippen molar-refractivity contribution in [1.82, 2.24) is 14.5 Å². The molecule has 1 aliphatic carbocycles. The summed E-state index contributed by atoms with van der Waals surface area (Å²) >= 11 is 0. The van der Waals surface area contributed by atoms with E-state index in [0.717, 1.165) is 30.5 Å². The van der Waals surface area contributed by atoms with Gasteiger partial charge >= 0.3 is 0 Å². The zero-order valence-electron chi connectivity index (χ0n) is 16.4. The Labute approximate surface area is 169 Å². The van der Waals surface area contributed by atoms with Gasteiger partial charge in [-0.05, 0) is 30.5 Å². The molecule has 0 bridgehead atoms. The molecule has 2 aliphatic rings. The number of carbonyl (C=O) groups is 1. The Morgan fingerprint density at radius 2 is 2.14 bits per heavy atom. The molecule has 1 saturated heterocycles. The second-order valence-electron chi connectivity index (χ2n) is 7.99. The zero-order chi connectivity index (χ0) is 20.0. The average Bonchev–Trinajstić information content (AvgIpc) is 3.40. The quantitative estimate of drug-likeness (QED) is 0.667. The summed E-state index contributed by atoms with van der Waals surface area (Å²) in [5, 5.41) is 10.5. The molecule has 0 spiro atoms. The van der Waals surface area contributed by atoms with E-state index >= 15 is 0 Å². The number of nitrogens with zero attached hydrogens (tertiary/aromatic N) is 4. The Morgan fingerprint density at radius 3 is 3.00 bits per heavy atom. The van der Waals surface area contributed by atoms with Crippen molar-refractivity contribution < 1.29 is 4.79 Å². The maximum atomic E-state index is 13.2. The summed E-state index contributed by atoms with van der Waals surface area (Å²) in [4.78, 5) is 19.7. The predicted molar refractivity (Wildman–Crippen MR) is 112 cm³/mol. The van der Waals surface area contributed by atoms with Crippen LogP contribution in [0.25, 0.3) is 17.0 Å². The first-order chi connectivity index (χ1) is 14.2. The molecular weight excluding hydrogens is 360 g/mol. The molecule has 1 fully saturated rings. The molecule has 1 aliphatic heterocycles. The van der Waals surface area contributed by atoms with Gasteiger partial charge in [0.25, 0.3) is 5.91 Å². The van der Waals surface area contributed by atoms with E-state index in [1.165, 1.54) is 11.1 Å². The number of pyridine rings is 1. The molecular formula is C24H22N4O. The Morgan fingerprint density at radius 1 is 1.28 bits per heavy atom. The van der Waals surface area contributed by atoms with Crippen LogP contribution in [0.2, 0.25) is 0 Å². The summed E-state index contributed by atoms with van der Waals surface area (Å²) in [6, 6.07) is 11.5. The van der Waals surface area contributed by atoms with Crippen LogP contribution < -0.4 is 0 Å². The largest absolute Gasteiger partial charge is 0.342 e. The third kappa shape index (κ3) is 2.84. The van der Waals surface area contributed by atoms with E-state index in [1.54, 1.807) is 18.2 Å². The number of piperidine rings is 1. The van der Waals surface area contributed by atoms with E-state index in [1.807, 2.05) is 17.2 Å². The number of nitriles is 1. The highest BCUT2D eigenvalue weighted by atomic mass is 16.2. The first kappa shape index (κ1) is 17.7. The smallest absolute Gasteiger partial charge is 0.255 e. The van der Waals surface area contributed by atoms with Crippen molar-refractivity contribution in [3.05, 3.63) is 71.2 Å². The van der Waals surface area contributed by atoms with Gasteiger partial charge in [-0.1, -0.05) is 31.2 Å². The summed E-state index contributed by atoms with van der Waals surface area (Å²) in [5.74, 6) is 0.400. The van der Waals surface area contributed by atoms with Gasteiger partial charge < -0.3 is 9.47 Å². The lowest BCUT2D eigenvalue weighted by molar-refractivity contribution is 0.0625. The van der Waals surface area contributed by atoms with E-state index < -0.39 is 0 Å². The van der Waals surface area contributed by atoms with Gasteiger partial charge in [-0.15, -0.1) is 0 Å². The van der Waals surface area contributed by atoms with Crippen molar-refractivity contribution in [3.63, 3.8) is 0 Å². The van der Waals surface area contributed by atoms with Gasteiger partial charge in [0, 0.05) is 42.9 Å². The first-order valence-electron chi connectivity index (χ1n) is 10.1. The van der Waals surface area contributed by atoms with Crippen molar-refractivity contribution in [2.45, 2.75) is 25.8 Å². The number of allylic oxidation sites excluding steroid dienone is 1. The molecule has 144 valence electrons. The summed E-state index contributed by atoms with van der Waals surface area (Å²) in [6.07, 6.45) is 10.2. The van der Waals surface area contributed by atoms with Crippen LogP contribution in [0.5, 0.6) is 0 Å².